The lowest BCUT2D eigenvalue weighted by Crippen LogP contribution is -2.54. The van der Waals surface area contributed by atoms with Crippen LogP contribution in [0.5, 0.6) is 0 Å². The second kappa shape index (κ2) is 7.79. The quantitative estimate of drug-likeness (QED) is 0.467. The Labute approximate surface area is 202 Å². The number of ketones is 1. The van der Waals surface area contributed by atoms with Crippen molar-refractivity contribution < 1.29 is 15.0 Å². The molecule has 7 unspecified atom stereocenters. The van der Waals surface area contributed by atoms with Gasteiger partial charge in [-0.15, -0.1) is 0 Å². The van der Waals surface area contributed by atoms with E-state index in [1.54, 1.807) is 25.0 Å². The highest BCUT2D eigenvalue weighted by Gasteiger charge is 2.63. The minimum atomic E-state index is -0.789. The highest BCUT2D eigenvalue weighted by molar-refractivity contribution is 5.85. The summed E-state index contributed by atoms with van der Waals surface area (Å²) < 4.78 is 0. The van der Waals surface area contributed by atoms with Gasteiger partial charge in [-0.1, -0.05) is 57.9 Å². The highest BCUT2D eigenvalue weighted by Crippen LogP contribution is 2.70. The van der Waals surface area contributed by atoms with Gasteiger partial charge in [0.05, 0.1) is 11.2 Å². The molecule has 0 saturated heterocycles. The average Bonchev–Trinajstić information content (AvgIpc) is 2.99. The number of carbonyl (C=O) groups excluding carboxylic acids is 1. The summed E-state index contributed by atoms with van der Waals surface area (Å²) in [6.07, 6.45) is 12.0. The fourth-order valence-electron chi connectivity index (χ4n) is 9.09. The molecule has 2 saturated carbocycles. The van der Waals surface area contributed by atoms with E-state index in [-0.39, 0.29) is 28.1 Å². The van der Waals surface area contributed by atoms with Crippen molar-refractivity contribution in [2.24, 2.45) is 39.9 Å². The lowest BCUT2D eigenvalue weighted by molar-refractivity contribution is -0.139. The van der Waals surface area contributed by atoms with Gasteiger partial charge in [-0.05, 0) is 94.3 Å². The Bertz CT molecular complexity index is 869. The van der Waals surface area contributed by atoms with Gasteiger partial charge in [-0.3, -0.25) is 4.79 Å². The fourth-order valence-corrected chi connectivity index (χ4v) is 9.09. The molecule has 0 aromatic heterocycles. The Kier molecular flexibility index (Phi) is 5.94. The van der Waals surface area contributed by atoms with E-state index >= 15 is 0 Å². The predicted octanol–water partition coefficient (Wildman–Crippen LogP) is 6.63. The van der Waals surface area contributed by atoms with E-state index in [9.17, 15) is 15.0 Å². The van der Waals surface area contributed by atoms with Gasteiger partial charge < -0.3 is 10.2 Å². The second-order valence-corrected chi connectivity index (χ2v) is 13.9. The van der Waals surface area contributed by atoms with Crippen molar-refractivity contribution in [3.8, 4) is 0 Å². The molecule has 0 bridgehead atoms. The van der Waals surface area contributed by atoms with Crippen LogP contribution < -0.4 is 0 Å². The molecule has 0 aromatic carbocycles. The summed E-state index contributed by atoms with van der Waals surface area (Å²) in [5, 5.41) is 22.1. The fraction of sp³-hybridized carbons (Fsp3) is 0.833. The van der Waals surface area contributed by atoms with Crippen molar-refractivity contribution in [3.63, 3.8) is 0 Å². The molecule has 2 N–H and O–H groups in total. The van der Waals surface area contributed by atoms with Gasteiger partial charge in [0.1, 0.15) is 5.78 Å². The maximum Gasteiger partial charge on any atom is 0.138 e. The molecule has 0 heterocycles. The molecule has 3 heteroatoms. The van der Waals surface area contributed by atoms with Crippen molar-refractivity contribution in [1.82, 2.24) is 0 Å². The summed E-state index contributed by atoms with van der Waals surface area (Å²) in [6, 6.07) is 0. The second-order valence-electron chi connectivity index (χ2n) is 13.9. The molecule has 4 rings (SSSR count). The van der Waals surface area contributed by atoms with Crippen LogP contribution in [-0.4, -0.2) is 27.2 Å². The zero-order valence-electron chi connectivity index (χ0n) is 22.4. The third-order valence-electron chi connectivity index (χ3n) is 11.0. The average molecular weight is 457 g/mol. The van der Waals surface area contributed by atoms with Crippen molar-refractivity contribution >= 4 is 5.78 Å². The summed E-state index contributed by atoms with van der Waals surface area (Å²) in [4.78, 5) is 12.8. The summed E-state index contributed by atoms with van der Waals surface area (Å²) in [5.74, 6) is 1.74. The summed E-state index contributed by atoms with van der Waals surface area (Å²) in [5.41, 5.74) is 1.69. The first-order chi connectivity index (χ1) is 15.0. The smallest absolute Gasteiger partial charge is 0.138 e. The minimum Gasteiger partial charge on any atom is -0.390 e. The van der Waals surface area contributed by atoms with Crippen LogP contribution in [0.4, 0.5) is 0 Å². The summed E-state index contributed by atoms with van der Waals surface area (Å²) in [6.45, 7) is 17.2. The topological polar surface area (TPSA) is 57.5 Å². The number of hydrogen-bond acceptors (Lipinski definition) is 3. The molecule has 2 fully saturated rings. The first-order valence-corrected chi connectivity index (χ1v) is 13.4. The van der Waals surface area contributed by atoms with Crippen molar-refractivity contribution in [3.05, 3.63) is 23.3 Å². The van der Waals surface area contributed by atoms with Gasteiger partial charge in [0, 0.05) is 17.8 Å². The van der Waals surface area contributed by atoms with Crippen LogP contribution in [0.25, 0.3) is 0 Å². The van der Waals surface area contributed by atoms with Crippen LogP contribution in [0.2, 0.25) is 0 Å². The Morgan fingerprint density at radius 2 is 1.64 bits per heavy atom. The van der Waals surface area contributed by atoms with Gasteiger partial charge in [-0.2, -0.15) is 0 Å². The van der Waals surface area contributed by atoms with Crippen LogP contribution in [0.3, 0.4) is 0 Å². The number of aliphatic hydroxyl groups is 2. The van der Waals surface area contributed by atoms with Gasteiger partial charge in [0.2, 0.25) is 0 Å². The number of allylic oxidation sites excluding steroid dienone is 3. The molecule has 186 valence electrons. The number of carbonyl (C=O) groups is 1. The maximum atomic E-state index is 12.8. The van der Waals surface area contributed by atoms with E-state index in [0.717, 1.165) is 44.9 Å². The van der Waals surface area contributed by atoms with Gasteiger partial charge >= 0.3 is 0 Å². The van der Waals surface area contributed by atoms with Gasteiger partial charge in [0.25, 0.3) is 0 Å². The lowest BCUT2D eigenvalue weighted by Gasteiger charge is -2.55. The molecule has 4 aliphatic rings. The Morgan fingerprint density at radius 3 is 2.27 bits per heavy atom. The zero-order valence-corrected chi connectivity index (χ0v) is 22.4. The molecule has 0 aliphatic heterocycles. The van der Waals surface area contributed by atoms with E-state index in [0.29, 0.717) is 24.0 Å². The van der Waals surface area contributed by atoms with Crippen LogP contribution in [0, 0.1) is 39.9 Å². The SMILES string of the molecule is CC(CC=CC(C)(C)O)C1CCC2(C)C3=C(CC2C1(C)O)C1(C)CCC(=O)C(C)(C)C1CC3. The van der Waals surface area contributed by atoms with Crippen LogP contribution in [0.15, 0.2) is 23.3 Å². The normalized spacial score (nSPS) is 43.9. The predicted molar refractivity (Wildman–Crippen MR) is 135 cm³/mol. The number of rotatable bonds is 4. The molecular weight excluding hydrogens is 408 g/mol. The van der Waals surface area contributed by atoms with E-state index < -0.39 is 11.2 Å². The van der Waals surface area contributed by atoms with Crippen molar-refractivity contribution in [2.45, 2.75) is 118 Å². The van der Waals surface area contributed by atoms with Crippen LogP contribution in [0.1, 0.15) is 107 Å². The van der Waals surface area contributed by atoms with Crippen molar-refractivity contribution in [2.75, 3.05) is 0 Å². The number of hydrogen-bond donors (Lipinski definition) is 2. The Balaban J connectivity index is 1.62. The van der Waals surface area contributed by atoms with Gasteiger partial charge in [0.15, 0.2) is 0 Å². The molecule has 0 amide bonds. The highest BCUT2D eigenvalue weighted by atomic mass is 16.3. The third kappa shape index (κ3) is 3.80. The van der Waals surface area contributed by atoms with E-state index in [4.69, 9.17) is 0 Å². The Hall–Kier alpha value is -0.930. The van der Waals surface area contributed by atoms with E-state index in [2.05, 4.69) is 47.6 Å². The molecule has 7 atom stereocenters. The van der Waals surface area contributed by atoms with E-state index in [1.165, 1.54) is 0 Å². The summed E-state index contributed by atoms with van der Waals surface area (Å²) in [7, 11) is 0. The zero-order chi connectivity index (χ0) is 24.6. The molecule has 3 nitrogen and oxygen atoms in total. The minimum absolute atomic E-state index is 0.0809. The molecule has 0 aromatic rings. The number of Topliss-reactive ketones (excluding diaryl/α,β-unsaturated/α-hetero) is 1. The first-order valence-electron chi connectivity index (χ1n) is 13.4. The molecular formula is C30H48O3. The van der Waals surface area contributed by atoms with Crippen LogP contribution >= 0.6 is 0 Å². The molecule has 4 aliphatic carbocycles. The molecule has 33 heavy (non-hydrogen) atoms. The third-order valence-corrected chi connectivity index (χ3v) is 11.0. The molecule has 0 spiro atoms. The standard InChI is InChI=1S/C30H48O3/c1-19(10-9-15-26(2,3)32)20-13-16-28(6)21-11-12-23-27(4,5)25(31)14-17-29(23,7)22(21)18-24(28)30(20,8)33/h9,15,19-20,23-24,32-33H,10-14,16-18H2,1-8H3. The first kappa shape index (κ1) is 25.2. The maximum absolute atomic E-state index is 12.8. The largest absolute Gasteiger partial charge is 0.390 e. The number of fused-ring (bicyclic) bond motifs is 4. The lowest BCUT2D eigenvalue weighted by atomic mass is 9.49. The Morgan fingerprint density at radius 1 is 1.00 bits per heavy atom. The monoisotopic (exact) mass is 456 g/mol. The summed E-state index contributed by atoms with van der Waals surface area (Å²) >= 11 is 0. The van der Waals surface area contributed by atoms with Crippen molar-refractivity contribution in [1.29, 1.82) is 0 Å². The molecule has 0 radical (unpaired) electrons. The van der Waals surface area contributed by atoms with Gasteiger partial charge in [-0.25, -0.2) is 0 Å². The van der Waals surface area contributed by atoms with E-state index in [1.807, 2.05) is 6.08 Å². The van der Waals surface area contributed by atoms with Crippen LogP contribution in [-0.2, 0) is 4.79 Å².